The monoisotopic (exact) mass is 410 g/mol. The Morgan fingerprint density at radius 1 is 1.31 bits per heavy atom. The normalized spacial score (nSPS) is 21.9. The van der Waals surface area contributed by atoms with Crippen LogP contribution in [0, 0.1) is 5.41 Å². The Labute approximate surface area is 175 Å². The third kappa shape index (κ3) is 3.86. The number of nitrogens with two attached hydrogens (primary N) is 1. The number of amidine groups is 1. The summed E-state index contributed by atoms with van der Waals surface area (Å²) in [5, 5.41) is 16.6. The third-order valence-electron chi connectivity index (χ3n) is 4.86. The molecule has 1 saturated heterocycles. The number of hydrogen-bond acceptors (Lipinski definition) is 5. The van der Waals surface area contributed by atoms with Crippen LogP contribution in [0.5, 0.6) is 0 Å². The molecule has 3 rings (SSSR count). The van der Waals surface area contributed by atoms with Crippen LogP contribution in [-0.4, -0.2) is 40.5 Å². The minimum atomic E-state index is -0.512. The van der Waals surface area contributed by atoms with Crippen molar-refractivity contribution in [1.82, 2.24) is 9.80 Å². The number of rotatable bonds is 3. The average molecular weight is 411 g/mol. The van der Waals surface area contributed by atoms with Gasteiger partial charge in [0.15, 0.2) is 0 Å². The van der Waals surface area contributed by atoms with Gasteiger partial charge in [-0.1, -0.05) is 29.3 Å². The Bertz CT molecular complexity index is 999. The van der Waals surface area contributed by atoms with Crippen molar-refractivity contribution >= 4 is 35.8 Å². The fraction of sp³-hybridized carbons (Fsp3) is 0.238. The third-order valence-corrected chi connectivity index (χ3v) is 5.11. The van der Waals surface area contributed by atoms with E-state index in [0.29, 0.717) is 34.4 Å². The maximum absolute atomic E-state index is 13.1. The van der Waals surface area contributed by atoms with E-state index < -0.39 is 11.9 Å². The Kier molecular flexibility index (Phi) is 5.70. The second-order valence-electron chi connectivity index (χ2n) is 7.06. The highest BCUT2D eigenvalue weighted by Crippen LogP contribution is 2.40. The zero-order valence-corrected chi connectivity index (χ0v) is 17.4. The van der Waals surface area contributed by atoms with Crippen LogP contribution >= 0.6 is 11.6 Å². The molecule has 1 aromatic rings. The number of nitrogens with one attached hydrogen (secondary N) is 1. The van der Waals surface area contributed by atoms with E-state index in [0.717, 1.165) is 11.1 Å². The van der Waals surface area contributed by atoms with Gasteiger partial charge in [-0.15, -0.1) is 5.10 Å². The molecule has 0 radical (unpaired) electrons. The quantitative estimate of drug-likeness (QED) is 0.452. The van der Waals surface area contributed by atoms with Crippen LogP contribution < -0.4 is 5.73 Å². The molecule has 7 nitrogen and oxygen atoms in total. The lowest BCUT2D eigenvalue weighted by Crippen LogP contribution is -2.34. The molecule has 1 fully saturated rings. The van der Waals surface area contributed by atoms with Crippen LogP contribution in [0.15, 0.2) is 69.3 Å². The van der Waals surface area contributed by atoms with Gasteiger partial charge in [-0.05, 0) is 44.5 Å². The molecular weight excluding hydrogens is 388 g/mol. The molecule has 1 amide bonds. The number of carbonyl (C=O) groups is 1. The van der Waals surface area contributed by atoms with E-state index in [-0.39, 0.29) is 5.71 Å². The fourth-order valence-corrected chi connectivity index (χ4v) is 3.69. The number of hydrogen-bond donors (Lipinski definition) is 2. The molecule has 1 atom stereocenters. The maximum atomic E-state index is 13.1. The van der Waals surface area contributed by atoms with Gasteiger partial charge in [-0.3, -0.25) is 15.1 Å². The number of benzene rings is 1. The van der Waals surface area contributed by atoms with Gasteiger partial charge >= 0.3 is 0 Å². The fourth-order valence-electron chi connectivity index (χ4n) is 3.57. The summed E-state index contributed by atoms with van der Waals surface area (Å²) in [7, 11) is 0. The van der Waals surface area contributed by atoms with E-state index in [1.807, 2.05) is 43.2 Å². The highest BCUT2D eigenvalue weighted by Gasteiger charge is 2.44. The maximum Gasteiger partial charge on any atom is 0.277 e. The first-order valence-electron chi connectivity index (χ1n) is 9.04. The number of nitrogens with zero attached hydrogens (tertiary/aromatic N) is 4. The zero-order valence-electron chi connectivity index (χ0n) is 16.6. The van der Waals surface area contributed by atoms with Crippen LogP contribution in [0.1, 0.15) is 32.4 Å². The number of amides is 1. The molecule has 2 heterocycles. The lowest BCUT2D eigenvalue weighted by Gasteiger charge is -2.32. The average Bonchev–Trinajstić information content (AvgIpc) is 2.93. The van der Waals surface area contributed by atoms with Gasteiger partial charge in [0.2, 0.25) is 0 Å². The molecule has 1 aromatic carbocycles. The summed E-state index contributed by atoms with van der Waals surface area (Å²) in [5.41, 5.74) is 9.44. The van der Waals surface area contributed by atoms with Crippen molar-refractivity contribution in [2.75, 3.05) is 6.54 Å². The Morgan fingerprint density at radius 2 is 1.97 bits per heavy atom. The summed E-state index contributed by atoms with van der Waals surface area (Å²) >= 11 is 6.05. The first-order chi connectivity index (χ1) is 13.7. The van der Waals surface area contributed by atoms with Crippen LogP contribution in [-0.2, 0) is 4.79 Å². The summed E-state index contributed by atoms with van der Waals surface area (Å²) in [6, 6.07) is 6.71. The van der Waals surface area contributed by atoms with E-state index in [9.17, 15) is 4.79 Å². The second-order valence-corrected chi connectivity index (χ2v) is 7.50. The Hall–Kier alpha value is -3.19. The predicted octanol–water partition coefficient (Wildman–Crippen LogP) is 3.61. The Morgan fingerprint density at radius 3 is 2.55 bits per heavy atom. The van der Waals surface area contributed by atoms with E-state index in [1.54, 1.807) is 24.0 Å². The van der Waals surface area contributed by atoms with Crippen LogP contribution in [0.25, 0.3) is 0 Å². The molecule has 8 heteroatoms. The van der Waals surface area contributed by atoms with Crippen molar-refractivity contribution in [3.8, 4) is 0 Å². The van der Waals surface area contributed by atoms with Gasteiger partial charge < -0.3 is 10.6 Å². The number of allylic oxidation sites excluding steroid dienone is 2. The lowest BCUT2D eigenvalue weighted by molar-refractivity contribution is -0.122. The van der Waals surface area contributed by atoms with Gasteiger partial charge in [-0.25, -0.2) is 0 Å². The molecule has 2 aliphatic rings. The van der Waals surface area contributed by atoms with E-state index in [2.05, 4.69) is 16.9 Å². The van der Waals surface area contributed by atoms with Crippen LogP contribution in [0.2, 0.25) is 5.02 Å². The number of carbonyl (C=O) groups excluding carboxylic acids is 1. The predicted molar refractivity (Wildman–Crippen MR) is 117 cm³/mol. The summed E-state index contributed by atoms with van der Waals surface area (Å²) in [6.07, 6.45) is 3.77. The van der Waals surface area contributed by atoms with Gasteiger partial charge in [-0.2, -0.15) is 5.10 Å². The topological polar surface area (TPSA) is 98.1 Å². The highest BCUT2D eigenvalue weighted by molar-refractivity contribution is 6.47. The summed E-state index contributed by atoms with van der Waals surface area (Å²) in [6.45, 7) is 9.52. The van der Waals surface area contributed by atoms with Gasteiger partial charge in [0.05, 0.1) is 11.7 Å². The molecule has 0 saturated carbocycles. The summed E-state index contributed by atoms with van der Waals surface area (Å²) in [4.78, 5) is 16.6. The summed E-state index contributed by atoms with van der Waals surface area (Å²) < 4.78 is 0. The molecule has 0 bridgehead atoms. The second kappa shape index (κ2) is 8.05. The lowest BCUT2D eigenvalue weighted by atomic mass is 9.96. The van der Waals surface area contributed by atoms with Crippen molar-refractivity contribution < 1.29 is 4.79 Å². The highest BCUT2D eigenvalue weighted by atomic mass is 35.5. The van der Waals surface area contributed by atoms with Gasteiger partial charge in [0, 0.05) is 35.8 Å². The molecule has 0 aromatic heterocycles. The van der Waals surface area contributed by atoms with Crippen molar-refractivity contribution in [1.29, 1.82) is 5.41 Å². The summed E-state index contributed by atoms with van der Waals surface area (Å²) in [5.74, 6) is 0.249. The van der Waals surface area contributed by atoms with E-state index >= 15 is 0 Å². The molecule has 1 unspecified atom stereocenters. The molecule has 0 aliphatic carbocycles. The number of halogens is 1. The largest absolute Gasteiger partial charge is 0.402 e. The molecule has 29 heavy (non-hydrogen) atoms. The SMILES string of the molecule is C=N/N=C(/C)N1C=C(N2C(=O)C(=N)/C(=C(/C)N)C2c2ccc(Cl)cc2)C=C(C)C1. The van der Waals surface area contributed by atoms with Crippen molar-refractivity contribution in [2.45, 2.75) is 26.8 Å². The molecule has 150 valence electrons. The van der Waals surface area contributed by atoms with Crippen LogP contribution in [0.4, 0.5) is 0 Å². The van der Waals surface area contributed by atoms with Crippen molar-refractivity contribution in [3.05, 3.63) is 69.7 Å². The number of likely N-dealkylation sites (tertiary alicyclic amines) is 1. The smallest absolute Gasteiger partial charge is 0.277 e. The first kappa shape index (κ1) is 20.5. The van der Waals surface area contributed by atoms with Crippen LogP contribution in [0.3, 0.4) is 0 Å². The standard InChI is InChI=1S/C21H23ClN6O/c1-12-9-17(11-27(10-12)14(3)26-25-4)28-20(15-5-7-16(22)8-6-15)18(13(2)23)19(24)21(28)29/h5-9,11,20,24H,4,10,23H2,1-3H3/b18-13+,24-19?,26-14-. The van der Waals surface area contributed by atoms with E-state index in [1.165, 1.54) is 0 Å². The first-order valence-corrected chi connectivity index (χ1v) is 9.42. The molecular formula is C21H23ClN6O. The minimum absolute atomic E-state index is 0.104. The van der Waals surface area contributed by atoms with Crippen molar-refractivity contribution in [2.24, 2.45) is 15.9 Å². The zero-order chi connectivity index (χ0) is 21.3. The van der Waals surface area contributed by atoms with E-state index in [4.69, 9.17) is 22.7 Å². The molecule has 2 aliphatic heterocycles. The van der Waals surface area contributed by atoms with Crippen molar-refractivity contribution in [3.63, 3.8) is 0 Å². The van der Waals surface area contributed by atoms with Gasteiger partial charge in [0.25, 0.3) is 5.91 Å². The molecule has 3 N–H and O–H groups in total. The minimum Gasteiger partial charge on any atom is -0.402 e. The molecule has 0 spiro atoms. The van der Waals surface area contributed by atoms with Gasteiger partial charge in [0.1, 0.15) is 11.5 Å². The Balaban J connectivity index is 2.16.